The van der Waals surface area contributed by atoms with E-state index in [4.69, 9.17) is 4.42 Å². The Morgan fingerprint density at radius 2 is 2.20 bits per heavy atom. The lowest BCUT2D eigenvalue weighted by atomic mass is 9.76. The Kier molecular flexibility index (Phi) is 3.93. The van der Waals surface area contributed by atoms with Crippen molar-refractivity contribution in [2.45, 2.75) is 45.1 Å². The van der Waals surface area contributed by atoms with Gasteiger partial charge in [-0.3, -0.25) is 0 Å². The van der Waals surface area contributed by atoms with Crippen LogP contribution in [-0.4, -0.2) is 12.6 Å². The van der Waals surface area contributed by atoms with Gasteiger partial charge in [0.15, 0.2) is 0 Å². The van der Waals surface area contributed by atoms with Crippen molar-refractivity contribution in [2.24, 2.45) is 0 Å². The van der Waals surface area contributed by atoms with Crippen LogP contribution in [0.4, 0.5) is 0 Å². The third-order valence-electron chi connectivity index (χ3n) is 4.38. The van der Waals surface area contributed by atoms with Gasteiger partial charge in [-0.25, -0.2) is 0 Å². The zero-order valence-corrected chi connectivity index (χ0v) is 12.4. The first-order valence-electron chi connectivity index (χ1n) is 7.63. The van der Waals surface area contributed by atoms with E-state index in [1.807, 2.05) is 6.07 Å². The number of fused-ring (bicyclic) bond motifs is 1. The molecule has 20 heavy (non-hydrogen) atoms. The van der Waals surface area contributed by atoms with Crippen molar-refractivity contribution >= 4 is 0 Å². The van der Waals surface area contributed by atoms with Gasteiger partial charge in [-0.15, -0.1) is 0 Å². The molecule has 1 heterocycles. The number of benzene rings is 1. The monoisotopic (exact) mass is 269 g/mol. The fourth-order valence-electron chi connectivity index (χ4n) is 3.45. The molecule has 0 spiro atoms. The number of furan rings is 1. The number of hydrogen-bond donors (Lipinski definition) is 1. The molecule has 0 saturated heterocycles. The standard InChI is InChI=1S/C18H23NO/c1-3-19-18-9-7-14-11-13(2)6-8-16(14)17(18)12-15-5-4-10-20-15/h4-6,8,10-11,17-19H,3,7,9,12H2,1-2H3. The highest BCUT2D eigenvalue weighted by molar-refractivity contribution is 5.38. The third kappa shape index (κ3) is 2.66. The lowest BCUT2D eigenvalue weighted by Gasteiger charge is -2.34. The Morgan fingerprint density at radius 1 is 1.30 bits per heavy atom. The van der Waals surface area contributed by atoms with E-state index in [2.05, 4.69) is 43.4 Å². The molecule has 1 aromatic carbocycles. The average molecular weight is 269 g/mol. The molecule has 2 unspecified atom stereocenters. The van der Waals surface area contributed by atoms with Crippen LogP contribution in [0.15, 0.2) is 41.0 Å². The van der Waals surface area contributed by atoms with Crippen LogP contribution in [0.3, 0.4) is 0 Å². The molecule has 3 rings (SSSR count). The molecule has 2 nitrogen and oxygen atoms in total. The zero-order chi connectivity index (χ0) is 13.9. The molecule has 2 aromatic rings. The van der Waals surface area contributed by atoms with Gasteiger partial charge in [0.05, 0.1) is 6.26 Å². The topological polar surface area (TPSA) is 25.2 Å². The van der Waals surface area contributed by atoms with E-state index in [1.54, 1.807) is 6.26 Å². The number of rotatable bonds is 4. The van der Waals surface area contributed by atoms with Crippen molar-refractivity contribution in [1.29, 1.82) is 0 Å². The first-order chi connectivity index (χ1) is 9.78. The van der Waals surface area contributed by atoms with Crippen LogP contribution in [0, 0.1) is 6.92 Å². The second-order valence-corrected chi connectivity index (χ2v) is 5.80. The molecule has 0 amide bonds. The minimum absolute atomic E-state index is 0.519. The summed E-state index contributed by atoms with van der Waals surface area (Å²) >= 11 is 0. The van der Waals surface area contributed by atoms with Gasteiger partial charge < -0.3 is 9.73 Å². The molecule has 0 bridgehead atoms. The van der Waals surface area contributed by atoms with E-state index in [0.717, 1.165) is 18.7 Å². The largest absolute Gasteiger partial charge is 0.469 e. The molecule has 2 heteroatoms. The Labute approximate surface area is 121 Å². The molecule has 1 aromatic heterocycles. The maximum Gasteiger partial charge on any atom is 0.104 e. The molecular formula is C18H23NO. The molecule has 0 aliphatic heterocycles. The van der Waals surface area contributed by atoms with E-state index in [9.17, 15) is 0 Å². The second-order valence-electron chi connectivity index (χ2n) is 5.80. The number of likely N-dealkylation sites (N-methyl/N-ethyl adjacent to an activating group) is 1. The van der Waals surface area contributed by atoms with Crippen molar-refractivity contribution < 1.29 is 4.42 Å². The van der Waals surface area contributed by atoms with Crippen molar-refractivity contribution in [3.63, 3.8) is 0 Å². The molecule has 1 N–H and O–H groups in total. The number of hydrogen-bond acceptors (Lipinski definition) is 2. The lowest BCUT2D eigenvalue weighted by molar-refractivity contribution is 0.370. The molecule has 1 aliphatic rings. The van der Waals surface area contributed by atoms with Gasteiger partial charge in [0.2, 0.25) is 0 Å². The molecule has 106 valence electrons. The highest BCUT2D eigenvalue weighted by Crippen LogP contribution is 2.35. The summed E-state index contributed by atoms with van der Waals surface area (Å²) in [7, 11) is 0. The Hall–Kier alpha value is -1.54. The normalized spacial score (nSPS) is 21.7. The van der Waals surface area contributed by atoms with E-state index in [1.165, 1.54) is 29.5 Å². The van der Waals surface area contributed by atoms with E-state index in [0.29, 0.717) is 12.0 Å². The maximum absolute atomic E-state index is 5.57. The van der Waals surface area contributed by atoms with Gasteiger partial charge in [0.1, 0.15) is 5.76 Å². The highest BCUT2D eigenvalue weighted by atomic mass is 16.3. The Morgan fingerprint density at radius 3 is 2.95 bits per heavy atom. The zero-order valence-electron chi connectivity index (χ0n) is 12.4. The van der Waals surface area contributed by atoms with Crippen LogP contribution in [0.25, 0.3) is 0 Å². The van der Waals surface area contributed by atoms with Crippen LogP contribution < -0.4 is 5.32 Å². The van der Waals surface area contributed by atoms with Crippen LogP contribution >= 0.6 is 0 Å². The van der Waals surface area contributed by atoms with Gasteiger partial charge in [0.25, 0.3) is 0 Å². The van der Waals surface area contributed by atoms with Crippen LogP contribution in [-0.2, 0) is 12.8 Å². The summed E-state index contributed by atoms with van der Waals surface area (Å²) in [5.41, 5.74) is 4.39. The maximum atomic E-state index is 5.57. The van der Waals surface area contributed by atoms with Crippen molar-refractivity contribution in [1.82, 2.24) is 5.32 Å². The molecule has 2 atom stereocenters. The summed E-state index contributed by atoms with van der Waals surface area (Å²) in [4.78, 5) is 0. The number of nitrogens with one attached hydrogen (secondary N) is 1. The fraction of sp³-hybridized carbons (Fsp3) is 0.444. The van der Waals surface area contributed by atoms with Gasteiger partial charge in [0, 0.05) is 18.4 Å². The lowest BCUT2D eigenvalue weighted by Crippen LogP contribution is -2.39. The third-order valence-corrected chi connectivity index (χ3v) is 4.38. The molecule has 0 fully saturated rings. The molecule has 0 saturated carbocycles. The minimum Gasteiger partial charge on any atom is -0.469 e. The van der Waals surface area contributed by atoms with Crippen LogP contribution in [0.5, 0.6) is 0 Å². The minimum atomic E-state index is 0.519. The predicted octanol–water partition coefficient (Wildman–Crippen LogP) is 3.84. The quantitative estimate of drug-likeness (QED) is 0.912. The fourth-order valence-corrected chi connectivity index (χ4v) is 3.45. The smallest absolute Gasteiger partial charge is 0.104 e. The van der Waals surface area contributed by atoms with E-state index >= 15 is 0 Å². The first kappa shape index (κ1) is 13.4. The first-order valence-corrected chi connectivity index (χ1v) is 7.63. The highest BCUT2D eigenvalue weighted by Gasteiger charge is 2.29. The second kappa shape index (κ2) is 5.84. The Bertz CT molecular complexity index is 559. The van der Waals surface area contributed by atoms with Gasteiger partial charge >= 0.3 is 0 Å². The van der Waals surface area contributed by atoms with Crippen molar-refractivity contribution in [3.05, 3.63) is 59.0 Å². The number of aryl methyl sites for hydroxylation is 2. The summed E-state index contributed by atoms with van der Waals surface area (Å²) in [6.45, 7) is 5.40. The summed E-state index contributed by atoms with van der Waals surface area (Å²) in [5.74, 6) is 1.61. The molecule has 1 aliphatic carbocycles. The average Bonchev–Trinajstić information content (AvgIpc) is 2.94. The SMILES string of the molecule is CCNC1CCc2cc(C)ccc2C1Cc1ccco1. The molecule has 0 radical (unpaired) electrons. The summed E-state index contributed by atoms with van der Waals surface area (Å²) in [5, 5.41) is 3.66. The van der Waals surface area contributed by atoms with Gasteiger partial charge in [-0.2, -0.15) is 0 Å². The molecular weight excluding hydrogens is 246 g/mol. The van der Waals surface area contributed by atoms with Crippen molar-refractivity contribution in [2.75, 3.05) is 6.54 Å². The van der Waals surface area contributed by atoms with Gasteiger partial charge in [-0.1, -0.05) is 30.7 Å². The van der Waals surface area contributed by atoms with Crippen LogP contribution in [0.1, 0.15) is 41.7 Å². The van der Waals surface area contributed by atoms with Crippen LogP contribution in [0.2, 0.25) is 0 Å². The summed E-state index contributed by atoms with van der Waals surface area (Å²) < 4.78 is 5.57. The van der Waals surface area contributed by atoms with E-state index < -0.39 is 0 Å². The van der Waals surface area contributed by atoms with Gasteiger partial charge in [-0.05, 0) is 49.6 Å². The van der Waals surface area contributed by atoms with Crippen molar-refractivity contribution in [3.8, 4) is 0 Å². The Balaban J connectivity index is 1.92. The summed E-state index contributed by atoms with van der Waals surface area (Å²) in [6.07, 6.45) is 5.16. The van der Waals surface area contributed by atoms with E-state index in [-0.39, 0.29) is 0 Å². The predicted molar refractivity (Wildman–Crippen MR) is 82.1 cm³/mol. The summed E-state index contributed by atoms with van der Waals surface area (Å²) in [6, 6.07) is 11.5.